The summed E-state index contributed by atoms with van der Waals surface area (Å²) in [4.78, 5) is 11.5. The third-order valence-electron chi connectivity index (χ3n) is 4.47. The Morgan fingerprint density at radius 2 is 2.13 bits per heavy atom. The van der Waals surface area contributed by atoms with Crippen molar-refractivity contribution in [2.24, 2.45) is 0 Å². The van der Waals surface area contributed by atoms with Crippen LogP contribution in [-0.2, 0) is 14.9 Å². The van der Waals surface area contributed by atoms with Gasteiger partial charge in [-0.1, -0.05) is 26.8 Å². The molecule has 0 amide bonds. The number of hydrogen-bond acceptors (Lipinski definition) is 4. The molecule has 1 aromatic rings. The van der Waals surface area contributed by atoms with Gasteiger partial charge in [-0.3, -0.25) is 4.79 Å². The highest BCUT2D eigenvalue weighted by Crippen LogP contribution is 2.34. The maximum atomic E-state index is 11.5. The third kappa shape index (κ3) is 4.85. The number of rotatable bonds is 5. The SMILES string of the molecule is CCC(C)(C)c1ccc(O[C@H]2CN[C@H](C(=O)OC)C2)c(Br)c1.Cl. The van der Waals surface area contributed by atoms with Crippen LogP contribution >= 0.6 is 28.3 Å². The van der Waals surface area contributed by atoms with Crippen molar-refractivity contribution in [2.75, 3.05) is 13.7 Å². The molecule has 130 valence electrons. The predicted octanol–water partition coefficient (Wildman–Crippen LogP) is 3.84. The van der Waals surface area contributed by atoms with Crippen LogP contribution in [0.1, 0.15) is 39.2 Å². The molecule has 1 aromatic carbocycles. The quantitative estimate of drug-likeness (QED) is 0.755. The summed E-state index contributed by atoms with van der Waals surface area (Å²) >= 11 is 3.60. The lowest BCUT2D eigenvalue weighted by atomic mass is 9.82. The molecule has 6 heteroatoms. The Morgan fingerprint density at radius 3 is 2.70 bits per heavy atom. The average Bonchev–Trinajstić information content (AvgIpc) is 2.97. The number of carbonyl (C=O) groups is 1. The second-order valence-electron chi connectivity index (χ2n) is 6.34. The fourth-order valence-electron chi connectivity index (χ4n) is 2.52. The molecule has 0 aliphatic carbocycles. The molecular weight excluding hydrogens is 382 g/mol. The van der Waals surface area contributed by atoms with E-state index >= 15 is 0 Å². The number of methoxy groups -OCH3 is 1. The van der Waals surface area contributed by atoms with Crippen LogP contribution in [0.15, 0.2) is 22.7 Å². The van der Waals surface area contributed by atoms with Gasteiger partial charge < -0.3 is 14.8 Å². The largest absolute Gasteiger partial charge is 0.488 e. The highest BCUT2D eigenvalue weighted by atomic mass is 79.9. The zero-order chi connectivity index (χ0) is 16.3. The van der Waals surface area contributed by atoms with Crippen LogP contribution in [0.2, 0.25) is 0 Å². The number of benzene rings is 1. The van der Waals surface area contributed by atoms with Crippen molar-refractivity contribution >= 4 is 34.3 Å². The Labute approximate surface area is 152 Å². The summed E-state index contributed by atoms with van der Waals surface area (Å²) < 4.78 is 11.7. The second-order valence-corrected chi connectivity index (χ2v) is 7.20. The summed E-state index contributed by atoms with van der Waals surface area (Å²) in [6.07, 6.45) is 1.68. The molecule has 0 radical (unpaired) electrons. The molecule has 1 aliphatic heterocycles. The Balaban J connectivity index is 0.00000264. The highest BCUT2D eigenvalue weighted by Gasteiger charge is 2.31. The highest BCUT2D eigenvalue weighted by molar-refractivity contribution is 9.10. The molecule has 2 atom stereocenters. The van der Waals surface area contributed by atoms with E-state index in [-0.39, 0.29) is 35.9 Å². The minimum Gasteiger partial charge on any atom is -0.488 e. The van der Waals surface area contributed by atoms with Crippen molar-refractivity contribution in [2.45, 2.75) is 51.2 Å². The summed E-state index contributed by atoms with van der Waals surface area (Å²) in [5.41, 5.74) is 1.43. The summed E-state index contributed by atoms with van der Waals surface area (Å²) in [7, 11) is 1.41. The van der Waals surface area contributed by atoms with E-state index in [2.05, 4.69) is 54.2 Å². The van der Waals surface area contributed by atoms with Crippen LogP contribution in [0.5, 0.6) is 5.75 Å². The molecule has 1 heterocycles. The zero-order valence-corrected chi connectivity index (χ0v) is 16.4. The Morgan fingerprint density at radius 1 is 1.43 bits per heavy atom. The first-order valence-electron chi connectivity index (χ1n) is 7.65. The molecule has 2 rings (SSSR count). The zero-order valence-electron chi connectivity index (χ0n) is 14.0. The first-order valence-corrected chi connectivity index (χ1v) is 8.44. The third-order valence-corrected chi connectivity index (χ3v) is 5.09. The van der Waals surface area contributed by atoms with Crippen LogP contribution in [0.4, 0.5) is 0 Å². The minimum atomic E-state index is -0.271. The molecule has 1 fully saturated rings. The van der Waals surface area contributed by atoms with E-state index in [0.717, 1.165) is 16.6 Å². The van der Waals surface area contributed by atoms with E-state index in [1.807, 2.05) is 6.07 Å². The van der Waals surface area contributed by atoms with Gasteiger partial charge in [-0.2, -0.15) is 0 Å². The van der Waals surface area contributed by atoms with Crippen LogP contribution in [-0.4, -0.2) is 31.8 Å². The topological polar surface area (TPSA) is 47.6 Å². The smallest absolute Gasteiger partial charge is 0.323 e. The summed E-state index contributed by atoms with van der Waals surface area (Å²) in [6, 6.07) is 5.97. The van der Waals surface area contributed by atoms with Gasteiger partial charge in [0.05, 0.1) is 11.6 Å². The molecule has 1 saturated heterocycles. The van der Waals surface area contributed by atoms with Gasteiger partial charge in [0.15, 0.2) is 0 Å². The molecule has 4 nitrogen and oxygen atoms in total. The molecule has 1 N–H and O–H groups in total. The van der Waals surface area contributed by atoms with Crippen molar-refractivity contribution in [1.82, 2.24) is 5.32 Å². The van der Waals surface area contributed by atoms with E-state index in [9.17, 15) is 4.79 Å². The molecule has 0 spiro atoms. The van der Waals surface area contributed by atoms with E-state index < -0.39 is 0 Å². The van der Waals surface area contributed by atoms with E-state index in [1.165, 1.54) is 12.7 Å². The number of esters is 1. The summed E-state index contributed by atoms with van der Waals surface area (Å²) in [5, 5.41) is 3.13. The van der Waals surface area contributed by atoms with E-state index in [1.54, 1.807) is 0 Å². The first-order chi connectivity index (χ1) is 10.4. The maximum Gasteiger partial charge on any atom is 0.323 e. The minimum absolute atomic E-state index is 0. The lowest BCUT2D eigenvalue weighted by molar-refractivity contribution is -0.142. The first kappa shape index (κ1) is 20.3. The fourth-order valence-corrected chi connectivity index (χ4v) is 2.99. The van der Waals surface area contributed by atoms with Crippen LogP contribution in [0, 0.1) is 0 Å². The van der Waals surface area contributed by atoms with Crippen molar-refractivity contribution in [3.05, 3.63) is 28.2 Å². The molecule has 0 unspecified atom stereocenters. The van der Waals surface area contributed by atoms with E-state index in [4.69, 9.17) is 9.47 Å². The van der Waals surface area contributed by atoms with Gasteiger partial charge in [0.1, 0.15) is 17.9 Å². The number of nitrogens with one attached hydrogen (secondary N) is 1. The van der Waals surface area contributed by atoms with Gasteiger partial charge in [0.25, 0.3) is 0 Å². The number of ether oxygens (including phenoxy) is 2. The fraction of sp³-hybridized carbons (Fsp3) is 0.588. The predicted molar refractivity (Wildman–Crippen MR) is 97.5 cm³/mol. The number of halogens is 2. The van der Waals surface area contributed by atoms with Gasteiger partial charge in [-0.25, -0.2) is 0 Å². The van der Waals surface area contributed by atoms with Crippen molar-refractivity contribution in [1.29, 1.82) is 0 Å². The van der Waals surface area contributed by atoms with Crippen molar-refractivity contribution in [3.8, 4) is 5.75 Å². The van der Waals surface area contributed by atoms with Crippen LogP contribution in [0.3, 0.4) is 0 Å². The Hall–Kier alpha value is -0.780. The molecular formula is C17H25BrClNO3. The lowest BCUT2D eigenvalue weighted by Gasteiger charge is -2.24. The molecule has 0 aromatic heterocycles. The summed E-state index contributed by atoms with van der Waals surface area (Å²) in [5.74, 6) is 0.582. The summed E-state index contributed by atoms with van der Waals surface area (Å²) in [6.45, 7) is 7.30. The van der Waals surface area contributed by atoms with E-state index in [0.29, 0.717) is 13.0 Å². The standard InChI is InChI=1S/C17H24BrNO3.ClH/c1-5-17(2,3)11-6-7-15(13(18)8-11)22-12-9-14(19-10-12)16(20)21-4;/h6-8,12,14,19H,5,9-10H2,1-4H3;1H/t12-,14+;/m1./s1. The molecule has 0 saturated carbocycles. The molecule has 1 aliphatic rings. The van der Waals surface area contributed by atoms with Gasteiger partial charge in [0, 0.05) is 13.0 Å². The monoisotopic (exact) mass is 405 g/mol. The Bertz CT molecular complexity index is 551. The lowest BCUT2D eigenvalue weighted by Crippen LogP contribution is -2.31. The van der Waals surface area contributed by atoms with Crippen molar-refractivity contribution in [3.63, 3.8) is 0 Å². The Kier molecular flexibility index (Phi) is 7.36. The van der Waals surface area contributed by atoms with Gasteiger partial charge in [-0.05, 0) is 45.5 Å². The maximum absolute atomic E-state index is 11.5. The number of carbonyl (C=O) groups excluding carboxylic acids is 1. The number of hydrogen-bond donors (Lipinski definition) is 1. The average molecular weight is 407 g/mol. The normalized spacial score (nSPS) is 20.7. The van der Waals surface area contributed by atoms with Crippen molar-refractivity contribution < 1.29 is 14.3 Å². The molecule has 0 bridgehead atoms. The van der Waals surface area contributed by atoms with Crippen LogP contribution in [0.25, 0.3) is 0 Å². The van der Waals surface area contributed by atoms with Crippen LogP contribution < -0.4 is 10.1 Å². The van der Waals surface area contributed by atoms with Gasteiger partial charge in [0.2, 0.25) is 0 Å². The molecule has 23 heavy (non-hydrogen) atoms. The van der Waals surface area contributed by atoms with Gasteiger partial charge >= 0.3 is 5.97 Å². The van der Waals surface area contributed by atoms with Gasteiger partial charge in [-0.15, -0.1) is 12.4 Å². The second kappa shape index (κ2) is 8.36.